The fourth-order valence-electron chi connectivity index (χ4n) is 2.97. The minimum absolute atomic E-state index is 0.00425. The van der Waals surface area contributed by atoms with Crippen molar-refractivity contribution in [2.24, 2.45) is 4.99 Å². The van der Waals surface area contributed by atoms with Gasteiger partial charge in [0.05, 0.1) is 21.6 Å². The number of carbonyl (C=O) groups excluding carboxylic acids is 2. The maximum atomic E-state index is 12.7. The predicted octanol–water partition coefficient (Wildman–Crippen LogP) is 5.22. The Bertz CT molecular complexity index is 931. The van der Waals surface area contributed by atoms with E-state index >= 15 is 0 Å². The first-order valence-corrected chi connectivity index (χ1v) is 11.1. The maximum Gasteiger partial charge on any atom is 0.337 e. The second-order valence-corrected chi connectivity index (χ2v) is 8.21. The molecule has 1 N–H and O–H groups in total. The number of urea groups is 1. The molecule has 1 aliphatic heterocycles. The van der Waals surface area contributed by atoms with Crippen LogP contribution in [0.1, 0.15) is 25.3 Å². The van der Waals surface area contributed by atoms with Crippen LogP contribution in [0.5, 0.6) is 0 Å². The van der Waals surface area contributed by atoms with E-state index in [2.05, 4.69) is 23.3 Å². The number of carbonyl (C=O) groups is 2. The van der Waals surface area contributed by atoms with Crippen LogP contribution >= 0.6 is 34.5 Å². The molecular formula is C20H22Cl2N4O2S. The van der Waals surface area contributed by atoms with E-state index in [4.69, 9.17) is 23.2 Å². The fraction of sp³-hybridized carbons (Fsp3) is 0.350. The number of imide groups is 1. The van der Waals surface area contributed by atoms with Gasteiger partial charge in [-0.3, -0.25) is 9.69 Å². The quantitative estimate of drug-likeness (QED) is 0.441. The molecule has 0 bridgehead atoms. The number of likely N-dealkylation sites (N-methyl/N-ethyl adjacent to an activating group) is 1. The van der Waals surface area contributed by atoms with E-state index in [1.807, 2.05) is 5.38 Å². The number of aliphatic imine (C=N–C) groups is 1. The number of alkyl halides is 1. The molecule has 1 fully saturated rings. The minimum atomic E-state index is -0.570. The lowest BCUT2D eigenvalue weighted by molar-refractivity contribution is -0.119. The summed E-state index contributed by atoms with van der Waals surface area (Å²) in [5, 5.41) is 6.65. The van der Waals surface area contributed by atoms with Crippen molar-refractivity contribution < 1.29 is 9.59 Å². The molecule has 6 nitrogen and oxygen atoms in total. The first-order chi connectivity index (χ1) is 14.0. The van der Waals surface area contributed by atoms with Crippen molar-refractivity contribution in [3.05, 3.63) is 46.3 Å². The Labute approximate surface area is 184 Å². The summed E-state index contributed by atoms with van der Waals surface area (Å²) in [7, 11) is 1.42. The zero-order valence-electron chi connectivity index (χ0n) is 16.2. The van der Waals surface area contributed by atoms with E-state index in [-0.39, 0.29) is 11.7 Å². The Balaban J connectivity index is 1.92. The Kier molecular flexibility index (Phi) is 7.16. The average molecular weight is 453 g/mol. The Morgan fingerprint density at radius 2 is 2.00 bits per heavy atom. The van der Waals surface area contributed by atoms with Crippen LogP contribution in [0.15, 0.2) is 40.7 Å². The number of halogens is 2. The highest BCUT2D eigenvalue weighted by Crippen LogP contribution is 2.30. The molecule has 9 heteroatoms. The van der Waals surface area contributed by atoms with Gasteiger partial charge in [0.2, 0.25) is 5.84 Å². The molecule has 3 amide bonds. The molecule has 0 aliphatic carbocycles. The second kappa shape index (κ2) is 9.61. The van der Waals surface area contributed by atoms with E-state index in [1.165, 1.54) is 17.5 Å². The van der Waals surface area contributed by atoms with Gasteiger partial charge in [-0.05, 0) is 42.0 Å². The third-order valence-electron chi connectivity index (χ3n) is 4.55. The number of amides is 3. The van der Waals surface area contributed by atoms with Crippen LogP contribution in [0, 0.1) is 0 Å². The van der Waals surface area contributed by atoms with Gasteiger partial charge in [-0.25, -0.2) is 14.7 Å². The van der Waals surface area contributed by atoms with Crippen LogP contribution < -0.4 is 10.2 Å². The molecule has 1 aromatic carbocycles. The standard InChI is InChI=1S/C20H22Cl2N4O2S/c1-3-4-7-13-10-11-29-18(13)24-16(12-21)23-17-19(27)25(2)20(28)26(17)15-9-6-5-8-14(15)22/h5-6,8-11,16,24H,3-4,7,12H2,1-2H3. The van der Waals surface area contributed by atoms with Gasteiger partial charge >= 0.3 is 6.03 Å². The number of aryl methyl sites for hydroxylation is 1. The lowest BCUT2D eigenvalue weighted by Crippen LogP contribution is -2.34. The van der Waals surface area contributed by atoms with E-state index < -0.39 is 18.1 Å². The van der Waals surface area contributed by atoms with Crippen molar-refractivity contribution in [1.82, 2.24) is 4.90 Å². The molecule has 0 radical (unpaired) electrons. The highest BCUT2D eigenvalue weighted by molar-refractivity contribution is 7.14. The SMILES string of the molecule is CCCCc1ccsc1NC(CCl)N=C1C(=O)N(C)C(=O)N1c1ccccc1Cl. The molecule has 3 rings (SSSR count). The Hall–Kier alpha value is -2.09. The van der Waals surface area contributed by atoms with E-state index in [9.17, 15) is 9.59 Å². The zero-order valence-corrected chi connectivity index (χ0v) is 18.5. The number of nitrogens with zero attached hydrogens (tertiary/aromatic N) is 3. The van der Waals surface area contributed by atoms with Gasteiger partial charge in [-0.1, -0.05) is 37.1 Å². The molecule has 1 atom stereocenters. The molecule has 2 heterocycles. The third kappa shape index (κ3) is 4.57. The van der Waals surface area contributed by atoms with Gasteiger partial charge in [0.1, 0.15) is 6.17 Å². The third-order valence-corrected chi connectivity index (χ3v) is 6.05. The summed E-state index contributed by atoms with van der Waals surface area (Å²) in [4.78, 5) is 32.1. The number of thiophene rings is 1. The molecule has 1 aromatic heterocycles. The zero-order chi connectivity index (χ0) is 21.0. The first-order valence-electron chi connectivity index (χ1n) is 9.31. The largest absolute Gasteiger partial charge is 0.354 e. The Morgan fingerprint density at radius 3 is 2.69 bits per heavy atom. The van der Waals surface area contributed by atoms with Gasteiger partial charge in [-0.2, -0.15) is 0 Å². The fourth-order valence-corrected chi connectivity index (χ4v) is 4.23. The number of hydrogen-bond acceptors (Lipinski definition) is 5. The highest BCUT2D eigenvalue weighted by Gasteiger charge is 2.42. The van der Waals surface area contributed by atoms with Gasteiger partial charge in [0.25, 0.3) is 5.91 Å². The summed E-state index contributed by atoms with van der Waals surface area (Å²) >= 11 is 14.0. The molecule has 1 aliphatic rings. The van der Waals surface area contributed by atoms with Crippen molar-refractivity contribution in [2.75, 3.05) is 23.1 Å². The average Bonchev–Trinajstić information content (AvgIpc) is 3.24. The minimum Gasteiger partial charge on any atom is -0.354 e. The number of amidine groups is 1. The molecule has 154 valence electrons. The smallest absolute Gasteiger partial charge is 0.337 e. The molecule has 0 saturated carbocycles. The van der Waals surface area contributed by atoms with Crippen LogP contribution in [0.3, 0.4) is 0 Å². The summed E-state index contributed by atoms with van der Waals surface area (Å²) in [6.45, 7) is 2.15. The number of hydrogen-bond donors (Lipinski definition) is 1. The van der Waals surface area contributed by atoms with Crippen LogP contribution in [0.2, 0.25) is 5.02 Å². The topological polar surface area (TPSA) is 65.0 Å². The van der Waals surface area contributed by atoms with Gasteiger partial charge in [-0.15, -0.1) is 22.9 Å². The predicted molar refractivity (Wildman–Crippen MR) is 121 cm³/mol. The summed E-state index contributed by atoms with van der Waals surface area (Å²) in [6, 6.07) is 8.41. The van der Waals surface area contributed by atoms with Crippen LogP contribution in [-0.2, 0) is 11.2 Å². The lowest BCUT2D eigenvalue weighted by atomic mass is 10.1. The number of benzene rings is 1. The van der Waals surface area contributed by atoms with Crippen molar-refractivity contribution in [1.29, 1.82) is 0 Å². The Morgan fingerprint density at radius 1 is 1.24 bits per heavy atom. The van der Waals surface area contributed by atoms with Gasteiger partial charge in [0.15, 0.2) is 0 Å². The number of nitrogens with one attached hydrogen (secondary N) is 1. The van der Waals surface area contributed by atoms with Crippen LogP contribution in [0.4, 0.5) is 15.5 Å². The highest BCUT2D eigenvalue weighted by atomic mass is 35.5. The summed E-state index contributed by atoms with van der Waals surface area (Å²) in [5.41, 5.74) is 1.60. The number of unbranched alkanes of at least 4 members (excludes halogenated alkanes) is 1. The molecule has 0 spiro atoms. The van der Waals surface area contributed by atoms with Crippen LogP contribution in [0.25, 0.3) is 0 Å². The van der Waals surface area contributed by atoms with E-state index in [0.29, 0.717) is 10.7 Å². The second-order valence-electron chi connectivity index (χ2n) is 6.58. The molecule has 1 saturated heterocycles. The monoisotopic (exact) mass is 452 g/mol. The van der Waals surface area contributed by atoms with Gasteiger partial charge in [0, 0.05) is 7.05 Å². The summed E-state index contributed by atoms with van der Waals surface area (Å²) in [6.07, 6.45) is 2.58. The van der Waals surface area contributed by atoms with Crippen molar-refractivity contribution in [3.8, 4) is 0 Å². The van der Waals surface area contributed by atoms with Crippen molar-refractivity contribution in [3.63, 3.8) is 0 Å². The number of anilines is 2. The molecule has 1 unspecified atom stereocenters. The molecule has 29 heavy (non-hydrogen) atoms. The molecule has 2 aromatic rings. The summed E-state index contributed by atoms with van der Waals surface area (Å²) < 4.78 is 0. The first kappa shape index (κ1) is 21.6. The maximum absolute atomic E-state index is 12.7. The van der Waals surface area contributed by atoms with E-state index in [1.54, 1.807) is 35.6 Å². The van der Waals surface area contributed by atoms with Crippen molar-refractivity contribution >= 4 is 63.0 Å². The van der Waals surface area contributed by atoms with E-state index in [0.717, 1.165) is 29.2 Å². The molecular weight excluding hydrogens is 431 g/mol. The number of rotatable bonds is 8. The lowest BCUT2D eigenvalue weighted by Gasteiger charge is -2.19. The summed E-state index contributed by atoms with van der Waals surface area (Å²) in [5.74, 6) is -0.365. The number of para-hydroxylation sites is 1. The van der Waals surface area contributed by atoms with Gasteiger partial charge < -0.3 is 5.32 Å². The normalized spacial score (nSPS) is 16.8. The van der Waals surface area contributed by atoms with Crippen molar-refractivity contribution in [2.45, 2.75) is 32.4 Å². The van der Waals surface area contributed by atoms with Crippen LogP contribution in [-0.4, -0.2) is 41.8 Å².